The van der Waals surface area contributed by atoms with Crippen LogP contribution in [0.2, 0.25) is 0 Å². The van der Waals surface area contributed by atoms with E-state index in [1.807, 2.05) is 0 Å². The van der Waals surface area contributed by atoms with Gasteiger partial charge in [-0.15, -0.1) is 0 Å². The largest absolute Gasteiger partial charge is 0.389 e. The molecule has 104 valence electrons. The van der Waals surface area contributed by atoms with Crippen LogP contribution in [-0.2, 0) is 4.79 Å². The van der Waals surface area contributed by atoms with Crippen LogP contribution in [0.1, 0.15) is 19.8 Å². The van der Waals surface area contributed by atoms with Crippen LogP contribution in [0.4, 0.5) is 8.78 Å². The number of nitrogens with zero attached hydrogens (tertiary/aromatic N) is 2. The molecule has 0 saturated carbocycles. The SMILES string of the molecule is CCC1CCN(CC(=O)N2CC(O)C2)CC1(F)F. The highest BCUT2D eigenvalue weighted by Crippen LogP contribution is 2.34. The van der Waals surface area contributed by atoms with Gasteiger partial charge in [-0.2, -0.15) is 0 Å². The molecule has 2 aliphatic heterocycles. The monoisotopic (exact) mass is 262 g/mol. The Morgan fingerprint density at radius 1 is 1.44 bits per heavy atom. The summed E-state index contributed by atoms with van der Waals surface area (Å²) in [6.07, 6.45) is 0.480. The van der Waals surface area contributed by atoms with E-state index in [0.717, 1.165) is 0 Å². The Bertz CT molecular complexity index is 319. The van der Waals surface area contributed by atoms with Gasteiger partial charge in [-0.3, -0.25) is 9.69 Å². The summed E-state index contributed by atoms with van der Waals surface area (Å²) in [6, 6.07) is 0. The molecule has 0 aromatic heterocycles. The van der Waals surface area contributed by atoms with Gasteiger partial charge in [-0.05, 0) is 19.4 Å². The van der Waals surface area contributed by atoms with Gasteiger partial charge in [0, 0.05) is 19.0 Å². The predicted octanol–water partition coefficient (Wildman–Crippen LogP) is 0.557. The Balaban J connectivity index is 1.82. The summed E-state index contributed by atoms with van der Waals surface area (Å²) in [6.45, 7) is 2.71. The number of hydrogen-bond acceptors (Lipinski definition) is 3. The molecular formula is C12H20F2N2O2. The first kappa shape index (κ1) is 13.7. The summed E-state index contributed by atoms with van der Waals surface area (Å²) in [4.78, 5) is 14.8. The number of alkyl halides is 2. The fraction of sp³-hybridized carbons (Fsp3) is 0.917. The lowest BCUT2D eigenvalue weighted by molar-refractivity contribution is -0.148. The minimum atomic E-state index is -2.69. The maximum absolute atomic E-state index is 13.7. The highest BCUT2D eigenvalue weighted by Gasteiger charge is 2.44. The number of aliphatic hydroxyl groups is 1. The fourth-order valence-corrected chi connectivity index (χ4v) is 2.64. The summed E-state index contributed by atoms with van der Waals surface area (Å²) in [7, 11) is 0. The van der Waals surface area contributed by atoms with Crippen molar-refractivity contribution in [2.24, 2.45) is 5.92 Å². The molecule has 1 unspecified atom stereocenters. The number of likely N-dealkylation sites (tertiary alicyclic amines) is 2. The molecular weight excluding hydrogens is 242 g/mol. The molecule has 6 heteroatoms. The van der Waals surface area contributed by atoms with Gasteiger partial charge in [0.05, 0.1) is 19.2 Å². The number of amides is 1. The van der Waals surface area contributed by atoms with E-state index in [9.17, 15) is 13.6 Å². The van der Waals surface area contributed by atoms with Gasteiger partial charge in [0.15, 0.2) is 0 Å². The zero-order chi connectivity index (χ0) is 13.3. The third-order valence-electron chi connectivity index (χ3n) is 3.89. The Kier molecular flexibility index (Phi) is 3.87. The number of carbonyl (C=O) groups excluding carboxylic acids is 1. The standard InChI is InChI=1S/C12H20F2N2O2/c1-2-9-3-4-15(8-12(9,13)14)7-11(18)16-5-10(17)6-16/h9-10,17H,2-8H2,1H3. The maximum Gasteiger partial charge on any atom is 0.263 e. The van der Waals surface area contributed by atoms with Gasteiger partial charge in [0.1, 0.15) is 0 Å². The molecule has 0 radical (unpaired) electrons. The van der Waals surface area contributed by atoms with Crippen LogP contribution in [0.25, 0.3) is 0 Å². The minimum Gasteiger partial charge on any atom is -0.389 e. The average Bonchev–Trinajstić information content (AvgIpc) is 2.23. The van der Waals surface area contributed by atoms with E-state index < -0.39 is 17.9 Å². The number of aliphatic hydroxyl groups excluding tert-OH is 1. The topological polar surface area (TPSA) is 43.8 Å². The molecule has 2 fully saturated rings. The van der Waals surface area contributed by atoms with Crippen molar-refractivity contribution in [1.29, 1.82) is 0 Å². The first-order valence-corrected chi connectivity index (χ1v) is 6.48. The number of hydrogen-bond donors (Lipinski definition) is 1. The van der Waals surface area contributed by atoms with E-state index in [4.69, 9.17) is 5.11 Å². The average molecular weight is 262 g/mol. The lowest BCUT2D eigenvalue weighted by atomic mass is 9.90. The van der Waals surface area contributed by atoms with Gasteiger partial charge in [-0.25, -0.2) is 8.78 Å². The van der Waals surface area contributed by atoms with Crippen molar-refractivity contribution in [3.05, 3.63) is 0 Å². The number of rotatable bonds is 3. The van der Waals surface area contributed by atoms with E-state index in [-0.39, 0.29) is 19.0 Å². The van der Waals surface area contributed by atoms with E-state index in [2.05, 4.69) is 0 Å². The van der Waals surface area contributed by atoms with Gasteiger partial charge in [-0.1, -0.05) is 6.92 Å². The highest BCUT2D eigenvalue weighted by atomic mass is 19.3. The van der Waals surface area contributed by atoms with Crippen molar-refractivity contribution in [1.82, 2.24) is 9.80 Å². The summed E-state index contributed by atoms with van der Waals surface area (Å²) in [5, 5.41) is 9.10. The minimum absolute atomic E-state index is 0.0404. The number of piperidine rings is 1. The Labute approximate surface area is 106 Å². The quantitative estimate of drug-likeness (QED) is 0.808. The molecule has 0 bridgehead atoms. The van der Waals surface area contributed by atoms with Crippen molar-refractivity contribution in [3.8, 4) is 0 Å². The zero-order valence-corrected chi connectivity index (χ0v) is 10.6. The summed E-state index contributed by atoms with van der Waals surface area (Å²) < 4.78 is 27.4. The molecule has 2 rings (SSSR count). The first-order chi connectivity index (χ1) is 8.42. The zero-order valence-electron chi connectivity index (χ0n) is 10.6. The summed E-state index contributed by atoms with van der Waals surface area (Å²) >= 11 is 0. The molecule has 0 aliphatic carbocycles. The Morgan fingerprint density at radius 2 is 2.11 bits per heavy atom. The summed E-state index contributed by atoms with van der Waals surface area (Å²) in [5.74, 6) is -3.41. The second-order valence-corrected chi connectivity index (χ2v) is 5.32. The number of carbonyl (C=O) groups is 1. The fourth-order valence-electron chi connectivity index (χ4n) is 2.64. The smallest absolute Gasteiger partial charge is 0.263 e. The van der Waals surface area contributed by atoms with E-state index in [1.54, 1.807) is 6.92 Å². The Morgan fingerprint density at radius 3 is 2.61 bits per heavy atom. The van der Waals surface area contributed by atoms with Crippen LogP contribution in [-0.4, -0.2) is 65.6 Å². The first-order valence-electron chi connectivity index (χ1n) is 6.48. The van der Waals surface area contributed by atoms with Gasteiger partial charge in [0.2, 0.25) is 5.91 Å². The van der Waals surface area contributed by atoms with E-state index >= 15 is 0 Å². The van der Waals surface area contributed by atoms with Crippen LogP contribution in [0.15, 0.2) is 0 Å². The normalized spacial score (nSPS) is 29.1. The summed E-state index contributed by atoms with van der Waals surface area (Å²) in [5.41, 5.74) is 0. The lowest BCUT2D eigenvalue weighted by Crippen LogP contribution is -2.57. The molecule has 0 aromatic carbocycles. The highest BCUT2D eigenvalue weighted by molar-refractivity contribution is 5.79. The lowest BCUT2D eigenvalue weighted by Gasteiger charge is -2.40. The van der Waals surface area contributed by atoms with Crippen molar-refractivity contribution in [2.45, 2.75) is 31.8 Å². The molecule has 1 amide bonds. The molecule has 1 N–H and O–H groups in total. The molecule has 0 spiro atoms. The van der Waals surface area contributed by atoms with Crippen LogP contribution in [0.5, 0.6) is 0 Å². The second kappa shape index (κ2) is 5.09. The van der Waals surface area contributed by atoms with Crippen LogP contribution < -0.4 is 0 Å². The molecule has 2 saturated heterocycles. The molecule has 4 nitrogen and oxygen atoms in total. The molecule has 2 heterocycles. The predicted molar refractivity (Wildman–Crippen MR) is 62.4 cm³/mol. The number of β-amino-alcohol motifs (C(OH)–C–C–N with tert-alkyl or cyclic N) is 1. The molecule has 2 aliphatic rings. The van der Waals surface area contributed by atoms with Crippen LogP contribution in [0, 0.1) is 5.92 Å². The Hall–Kier alpha value is -0.750. The molecule has 18 heavy (non-hydrogen) atoms. The third kappa shape index (κ3) is 2.80. The van der Waals surface area contributed by atoms with Crippen molar-refractivity contribution < 1.29 is 18.7 Å². The van der Waals surface area contributed by atoms with Gasteiger partial charge >= 0.3 is 0 Å². The van der Waals surface area contributed by atoms with E-state index in [1.165, 1.54) is 9.80 Å². The van der Waals surface area contributed by atoms with Crippen LogP contribution >= 0.6 is 0 Å². The molecule has 1 atom stereocenters. The molecule has 0 aromatic rings. The van der Waals surface area contributed by atoms with Gasteiger partial charge < -0.3 is 10.0 Å². The van der Waals surface area contributed by atoms with Crippen LogP contribution in [0.3, 0.4) is 0 Å². The van der Waals surface area contributed by atoms with Crippen molar-refractivity contribution in [2.75, 3.05) is 32.7 Å². The van der Waals surface area contributed by atoms with Gasteiger partial charge in [0.25, 0.3) is 5.92 Å². The second-order valence-electron chi connectivity index (χ2n) is 5.32. The third-order valence-corrected chi connectivity index (χ3v) is 3.89. The van der Waals surface area contributed by atoms with E-state index in [0.29, 0.717) is 32.5 Å². The van der Waals surface area contributed by atoms with Crippen molar-refractivity contribution >= 4 is 5.91 Å². The van der Waals surface area contributed by atoms with Crippen molar-refractivity contribution in [3.63, 3.8) is 0 Å². The number of halogens is 2. The maximum atomic E-state index is 13.7.